The van der Waals surface area contributed by atoms with Crippen LogP contribution in [0.3, 0.4) is 0 Å². The molecule has 0 spiro atoms. The van der Waals surface area contributed by atoms with Crippen LogP contribution in [0.15, 0.2) is 11.8 Å². The average molecular weight is 270 g/mol. The monoisotopic (exact) mass is 270 g/mol. The SMILES string of the molecule is CC(C)CC(C)(C)C=C(F)B1OC(C)(C)C(C)(C)O1. The molecule has 0 unspecified atom stereocenters. The molecule has 0 aromatic carbocycles. The summed E-state index contributed by atoms with van der Waals surface area (Å²) in [6, 6.07) is 0. The van der Waals surface area contributed by atoms with E-state index in [-0.39, 0.29) is 11.1 Å². The normalized spacial score (nSPS) is 23.3. The molecule has 0 radical (unpaired) electrons. The van der Waals surface area contributed by atoms with Gasteiger partial charge in [-0.05, 0) is 45.4 Å². The van der Waals surface area contributed by atoms with Gasteiger partial charge in [-0.15, -0.1) is 0 Å². The number of halogens is 1. The first kappa shape index (κ1) is 16.7. The summed E-state index contributed by atoms with van der Waals surface area (Å²) in [4.78, 5) is 0. The molecular formula is C15H28BFO2. The van der Waals surface area contributed by atoms with Crippen LogP contribution in [0.5, 0.6) is 0 Å². The Labute approximate surface area is 117 Å². The largest absolute Gasteiger partial charge is 0.524 e. The Hall–Kier alpha value is -0.345. The first-order valence-electron chi connectivity index (χ1n) is 7.10. The van der Waals surface area contributed by atoms with Gasteiger partial charge in [0, 0.05) is 0 Å². The highest BCUT2D eigenvalue weighted by Crippen LogP contribution is 2.40. The maximum absolute atomic E-state index is 14.4. The highest BCUT2D eigenvalue weighted by atomic mass is 19.1. The molecule has 0 bridgehead atoms. The van der Waals surface area contributed by atoms with E-state index in [4.69, 9.17) is 9.31 Å². The lowest BCUT2D eigenvalue weighted by molar-refractivity contribution is 0.00578. The number of hydrogen-bond donors (Lipinski definition) is 0. The zero-order chi connectivity index (χ0) is 15.1. The molecule has 0 aromatic heterocycles. The lowest BCUT2D eigenvalue weighted by atomic mass is 9.78. The van der Waals surface area contributed by atoms with Gasteiger partial charge in [0.1, 0.15) is 5.73 Å². The molecule has 110 valence electrons. The van der Waals surface area contributed by atoms with Crippen molar-refractivity contribution in [3.8, 4) is 0 Å². The Bertz CT molecular complexity index is 343. The quantitative estimate of drug-likeness (QED) is 0.698. The third kappa shape index (κ3) is 4.06. The van der Waals surface area contributed by atoms with Gasteiger partial charge in [0.15, 0.2) is 0 Å². The molecule has 0 aromatic rings. The van der Waals surface area contributed by atoms with E-state index >= 15 is 0 Å². The molecule has 0 amide bonds. The van der Waals surface area contributed by atoms with E-state index in [0.29, 0.717) is 5.92 Å². The highest BCUT2D eigenvalue weighted by Gasteiger charge is 2.53. The summed E-state index contributed by atoms with van der Waals surface area (Å²) >= 11 is 0. The molecule has 0 aliphatic carbocycles. The maximum Gasteiger partial charge on any atom is 0.524 e. The van der Waals surface area contributed by atoms with Crippen molar-refractivity contribution < 1.29 is 13.7 Å². The molecule has 1 aliphatic rings. The van der Waals surface area contributed by atoms with Crippen molar-refractivity contribution in [2.24, 2.45) is 11.3 Å². The van der Waals surface area contributed by atoms with Crippen LogP contribution in [0.2, 0.25) is 0 Å². The van der Waals surface area contributed by atoms with E-state index in [1.165, 1.54) is 0 Å². The van der Waals surface area contributed by atoms with Crippen LogP contribution < -0.4 is 0 Å². The van der Waals surface area contributed by atoms with Crippen LogP contribution in [0, 0.1) is 11.3 Å². The summed E-state index contributed by atoms with van der Waals surface area (Å²) in [5, 5.41) is 0. The van der Waals surface area contributed by atoms with Gasteiger partial charge >= 0.3 is 7.12 Å². The van der Waals surface area contributed by atoms with Gasteiger partial charge in [-0.25, -0.2) is 4.39 Å². The molecule has 1 aliphatic heterocycles. The third-order valence-corrected chi connectivity index (χ3v) is 3.94. The van der Waals surface area contributed by atoms with Crippen LogP contribution >= 0.6 is 0 Å². The molecular weight excluding hydrogens is 242 g/mol. The van der Waals surface area contributed by atoms with Gasteiger partial charge in [-0.3, -0.25) is 0 Å². The molecule has 1 saturated heterocycles. The molecule has 4 heteroatoms. The lowest BCUT2D eigenvalue weighted by Crippen LogP contribution is -2.41. The van der Waals surface area contributed by atoms with E-state index in [1.54, 1.807) is 6.08 Å². The summed E-state index contributed by atoms with van der Waals surface area (Å²) in [5.74, 6) is 0.525. The highest BCUT2D eigenvalue weighted by molar-refractivity contribution is 6.53. The van der Waals surface area contributed by atoms with Crippen molar-refractivity contribution >= 4 is 7.12 Å². The minimum Gasteiger partial charge on any atom is -0.398 e. The second-order valence-corrected chi connectivity index (χ2v) is 7.70. The Morgan fingerprint density at radius 2 is 1.58 bits per heavy atom. The fraction of sp³-hybridized carbons (Fsp3) is 0.867. The van der Waals surface area contributed by atoms with Gasteiger partial charge in [0.2, 0.25) is 0 Å². The molecule has 0 atom stereocenters. The van der Waals surface area contributed by atoms with Crippen LogP contribution in [-0.2, 0) is 9.31 Å². The lowest BCUT2D eigenvalue weighted by Gasteiger charge is -2.32. The zero-order valence-corrected chi connectivity index (χ0v) is 13.6. The van der Waals surface area contributed by atoms with Gasteiger partial charge in [-0.1, -0.05) is 33.8 Å². The molecule has 0 saturated carbocycles. The first-order valence-corrected chi connectivity index (χ1v) is 7.10. The van der Waals surface area contributed by atoms with E-state index in [9.17, 15) is 4.39 Å². The number of rotatable bonds is 4. The Morgan fingerprint density at radius 3 is 1.95 bits per heavy atom. The van der Waals surface area contributed by atoms with Crippen LogP contribution in [0.25, 0.3) is 0 Å². The smallest absolute Gasteiger partial charge is 0.398 e. The Kier molecular flexibility index (Phi) is 4.58. The minimum absolute atomic E-state index is 0.193. The molecule has 1 rings (SSSR count). The molecule has 19 heavy (non-hydrogen) atoms. The second-order valence-electron chi connectivity index (χ2n) is 7.70. The summed E-state index contributed by atoms with van der Waals surface area (Å²) in [6.07, 6.45) is 2.58. The van der Waals surface area contributed by atoms with Crippen molar-refractivity contribution in [2.45, 2.75) is 73.0 Å². The average Bonchev–Trinajstić information content (AvgIpc) is 2.32. The number of allylic oxidation sites excluding steroid dienone is 1. The van der Waals surface area contributed by atoms with Gasteiger partial charge < -0.3 is 9.31 Å². The van der Waals surface area contributed by atoms with E-state index in [2.05, 4.69) is 13.8 Å². The van der Waals surface area contributed by atoms with Gasteiger partial charge in [0.05, 0.1) is 11.2 Å². The standard InChI is InChI=1S/C15H28BFO2/c1-11(2)9-13(3,4)10-12(17)16-18-14(5,6)15(7,8)19-16/h10-11H,9H2,1-8H3. The first-order chi connectivity index (χ1) is 8.36. The molecule has 1 fully saturated rings. The summed E-state index contributed by atoms with van der Waals surface area (Å²) in [6.45, 7) is 16.1. The van der Waals surface area contributed by atoms with E-state index in [0.717, 1.165) is 6.42 Å². The van der Waals surface area contributed by atoms with Gasteiger partial charge in [0.25, 0.3) is 0 Å². The van der Waals surface area contributed by atoms with E-state index in [1.807, 2.05) is 41.5 Å². The maximum atomic E-state index is 14.4. The topological polar surface area (TPSA) is 18.5 Å². The molecule has 1 heterocycles. The predicted octanol–water partition coefficient (Wildman–Crippen LogP) is 4.54. The molecule has 0 N–H and O–H groups in total. The fourth-order valence-electron chi connectivity index (χ4n) is 2.51. The van der Waals surface area contributed by atoms with Crippen molar-refractivity contribution in [1.82, 2.24) is 0 Å². The van der Waals surface area contributed by atoms with Crippen LogP contribution in [0.1, 0.15) is 61.8 Å². The van der Waals surface area contributed by atoms with Crippen LogP contribution in [0.4, 0.5) is 4.39 Å². The summed E-state index contributed by atoms with van der Waals surface area (Å²) in [7, 11) is -0.878. The van der Waals surface area contributed by atoms with Crippen LogP contribution in [-0.4, -0.2) is 18.3 Å². The van der Waals surface area contributed by atoms with Crippen molar-refractivity contribution in [1.29, 1.82) is 0 Å². The second kappa shape index (κ2) is 5.21. The minimum atomic E-state index is -0.878. The Morgan fingerprint density at radius 1 is 1.16 bits per heavy atom. The zero-order valence-electron chi connectivity index (χ0n) is 13.6. The predicted molar refractivity (Wildman–Crippen MR) is 78.5 cm³/mol. The van der Waals surface area contributed by atoms with Crippen molar-refractivity contribution in [2.75, 3.05) is 0 Å². The Balaban J connectivity index is 2.83. The molecule has 2 nitrogen and oxygen atoms in total. The van der Waals surface area contributed by atoms with Gasteiger partial charge in [-0.2, -0.15) is 0 Å². The van der Waals surface area contributed by atoms with Crippen molar-refractivity contribution in [3.63, 3.8) is 0 Å². The van der Waals surface area contributed by atoms with Crippen molar-refractivity contribution in [3.05, 3.63) is 11.8 Å². The summed E-state index contributed by atoms with van der Waals surface area (Å²) < 4.78 is 25.8. The van der Waals surface area contributed by atoms with E-state index < -0.39 is 18.3 Å². The summed E-state index contributed by atoms with van der Waals surface area (Å²) in [5.41, 5.74) is -1.50. The fourth-order valence-corrected chi connectivity index (χ4v) is 2.51. The third-order valence-electron chi connectivity index (χ3n) is 3.94. The number of hydrogen-bond acceptors (Lipinski definition) is 2.